The van der Waals surface area contributed by atoms with Crippen molar-refractivity contribution in [3.8, 4) is 0 Å². The average Bonchev–Trinajstić information content (AvgIpc) is 2.39. The fourth-order valence-electron chi connectivity index (χ4n) is 1.57. The van der Waals surface area contributed by atoms with Gasteiger partial charge in [-0.3, -0.25) is 4.79 Å². The van der Waals surface area contributed by atoms with Crippen LogP contribution in [0.1, 0.15) is 10.4 Å². The summed E-state index contributed by atoms with van der Waals surface area (Å²) >= 11 is 0. The minimum Gasteiger partial charge on any atom is -0.329 e. The molecule has 0 saturated heterocycles. The van der Waals surface area contributed by atoms with Crippen molar-refractivity contribution in [1.82, 2.24) is 4.98 Å². The number of pyridine rings is 1. The van der Waals surface area contributed by atoms with E-state index in [1.807, 2.05) is 0 Å². The van der Waals surface area contributed by atoms with Crippen LogP contribution < -0.4 is 4.90 Å². The Morgan fingerprint density at radius 1 is 1.24 bits per heavy atom. The van der Waals surface area contributed by atoms with Crippen LogP contribution in [0.2, 0.25) is 0 Å². The van der Waals surface area contributed by atoms with Crippen molar-refractivity contribution in [2.75, 3.05) is 11.9 Å². The van der Waals surface area contributed by atoms with E-state index in [4.69, 9.17) is 0 Å². The highest BCUT2D eigenvalue weighted by atomic mass is 19.1. The number of halogens is 1. The van der Waals surface area contributed by atoms with Crippen LogP contribution >= 0.6 is 0 Å². The predicted octanol–water partition coefficient (Wildman–Crippen LogP) is 2.80. The highest BCUT2D eigenvalue weighted by Crippen LogP contribution is 2.23. The van der Waals surface area contributed by atoms with Gasteiger partial charge in [0.2, 0.25) is 0 Å². The Kier molecular flexibility index (Phi) is 3.14. The zero-order valence-electron chi connectivity index (χ0n) is 9.30. The molecule has 1 aromatic carbocycles. The number of benzene rings is 1. The summed E-state index contributed by atoms with van der Waals surface area (Å²) in [5.74, 6) is 0.257. The quantitative estimate of drug-likeness (QED) is 0.760. The van der Waals surface area contributed by atoms with Crippen LogP contribution in [0, 0.1) is 5.82 Å². The third-order valence-electron chi connectivity index (χ3n) is 2.48. The maximum atomic E-state index is 12.8. The monoisotopic (exact) mass is 230 g/mol. The number of rotatable bonds is 3. The van der Waals surface area contributed by atoms with Gasteiger partial charge in [-0.15, -0.1) is 0 Å². The maximum Gasteiger partial charge on any atom is 0.153 e. The lowest BCUT2D eigenvalue weighted by molar-refractivity contribution is 0.112. The van der Waals surface area contributed by atoms with E-state index < -0.39 is 0 Å². The molecule has 0 aliphatic carbocycles. The SMILES string of the molecule is CN(c1ccc(F)cc1)c1ncccc1C=O. The first-order chi connectivity index (χ1) is 8.22. The molecular formula is C13H11FN2O. The van der Waals surface area contributed by atoms with E-state index in [0.717, 1.165) is 12.0 Å². The number of hydrogen-bond acceptors (Lipinski definition) is 3. The number of aromatic nitrogens is 1. The number of hydrogen-bond donors (Lipinski definition) is 0. The summed E-state index contributed by atoms with van der Waals surface area (Å²) in [6, 6.07) is 9.41. The minimum atomic E-state index is -0.293. The van der Waals surface area contributed by atoms with Crippen molar-refractivity contribution >= 4 is 17.8 Å². The largest absolute Gasteiger partial charge is 0.329 e. The predicted molar refractivity (Wildman–Crippen MR) is 64.1 cm³/mol. The number of anilines is 2. The molecule has 0 spiro atoms. The fraction of sp³-hybridized carbons (Fsp3) is 0.0769. The van der Waals surface area contributed by atoms with Gasteiger partial charge in [0.15, 0.2) is 6.29 Å². The molecule has 86 valence electrons. The second kappa shape index (κ2) is 4.74. The summed E-state index contributed by atoms with van der Waals surface area (Å²) < 4.78 is 12.8. The first-order valence-electron chi connectivity index (χ1n) is 5.12. The highest BCUT2D eigenvalue weighted by Gasteiger charge is 2.09. The van der Waals surface area contributed by atoms with Gasteiger partial charge in [0, 0.05) is 18.9 Å². The standard InChI is InChI=1S/C13H11FN2O/c1-16(12-6-4-11(14)5-7-12)13-10(9-17)3-2-8-15-13/h2-9H,1H3. The van der Waals surface area contributed by atoms with Gasteiger partial charge >= 0.3 is 0 Å². The van der Waals surface area contributed by atoms with E-state index in [1.165, 1.54) is 12.1 Å². The molecule has 0 aliphatic heterocycles. The van der Waals surface area contributed by atoms with Gasteiger partial charge in [-0.25, -0.2) is 9.37 Å². The van der Waals surface area contributed by atoms with E-state index in [2.05, 4.69) is 4.98 Å². The molecule has 0 amide bonds. The van der Waals surface area contributed by atoms with E-state index in [-0.39, 0.29) is 5.82 Å². The highest BCUT2D eigenvalue weighted by molar-refractivity contribution is 5.84. The molecule has 0 fully saturated rings. The second-order valence-electron chi connectivity index (χ2n) is 3.57. The van der Waals surface area contributed by atoms with E-state index in [1.54, 1.807) is 42.4 Å². The van der Waals surface area contributed by atoms with Crippen LogP contribution in [0.15, 0.2) is 42.6 Å². The topological polar surface area (TPSA) is 33.2 Å². The van der Waals surface area contributed by atoms with Crippen molar-refractivity contribution in [3.63, 3.8) is 0 Å². The Morgan fingerprint density at radius 2 is 1.94 bits per heavy atom. The van der Waals surface area contributed by atoms with Crippen LogP contribution in [0.3, 0.4) is 0 Å². The molecule has 0 radical (unpaired) electrons. The third-order valence-corrected chi connectivity index (χ3v) is 2.48. The number of carbonyl (C=O) groups is 1. The molecule has 17 heavy (non-hydrogen) atoms. The molecule has 0 atom stereocenters. The zero-order chi connectivity index (χ0) is 12.3. The Bertz CT molecular complexity index is 525. The number of nitrogens with zero attached hydrogens (tertiary/aromatic N) is 2. The average molecular weight is 230 g/mol. The van der Waals surface area contributed by atoms with Crippen molar-refractivity contribution in [2.45, 2.75) is 0 Å². The second-order valence-corrected chi connectivity index (χ2v) is 3.57. The van der Waals surface area contributed by atoms with Gasteiger partial charge in [-0.05, 0) is 36.4 Å². The molecule has 0 aliphatic rings. The molecule has 0 unspecified atom stereocenters. The summed E-state index contributed by atoms with van der Waals surface area (Å²) in [4.78, 5) is 16.8. The summed E-state index contributed by atoms with van der Waals surface area (Å²) in [6.07, 6.45) is 2.37. The molecule has 1 aromatic heterocycles. The first kappa shape index (κ1) is 11.3. The van der Waals surface area contributed by atoms with E-state index >= 15 is 0 Å². The Labute approximate surface area is 98.5 Å². The van der Waals surface area contributed by atoms with Gasteiger partial charge in [-0.1, -0.05) is 0 Å². The lowest BCUT2D eigenvalue weighted by atomic mass is 10.2. The van der Waals surface area contributed by atoms with Crippen LogP contribution in [0.25, 0.3) is 0 Å². The van der Waals surface area contributed by atoms with Crippen LogP contribution in [0.5, 0.6) is 0 Å². The zero-order valence-corrected chi connectivity index (χ0v) is 9.30. The molecule has 0 bridgehead atoms. The lowest BCUT2D eigenvalue weighted by Crippen LogP contribution is -2.13. The van der Waals surface area contributed by atoms with Gasteiger partial charge in [0.05, 0.1) is 5.56 Å². The molecule has 4 heteroatoms. The summed E-state index contributed by atoms with van der Waals surface area (Å²) in [7, 11) is 1.78. The normalized spacial score (nSPS) is 10.0. The fourth-order valence-corrected chi connectivity index (χ4v) is 1.57. The molecular weight excluding hydrogens is 219 g/mol. The maximum absolute atomic E-state index is 12.8. The van der Waals surface area contributed by atoms with Crippen molar-refractivity contribution < 1.29 is 9.18 Å². The Balaban J connectivity index is 2.39. The molecule has 3 nitrogen and oxygen atoms in total. The molecule has 0 N–H and O–H groups in total. The molecule has 0 saturated carbocycles. The van der Waals surface area contributed by atoms with Gasteiger partial charge in [0.25, 0.3) is 0 Å². The third kappa shape index (κ3) is 2.30. The van der Waals surface area contributed by atoms with Gasteiger partial charge in [0.1, 0.15) is 11.6 Å². The van der Waals surface area contributed by atoms with Gasteiger partial charge < -0.3 is 4.90 Å². The van der Waals surface area contributed by atoms with E-state index in [9.17, 15) is 9.18 Å². The van der Waals surface area contributed by atoms with Crippen LogP contribution in [-0.4, -0.2) is 18.3 Å². The minimum absolute atomic E-state index is 0.293. The van der Waals surface area contributed by atoms with Gasteiger partial charge in [-0.2, -0.15) is 0 Å². The molecule has 2 rings (SSSR count). The number of aldehydes is 1. The summed E-state index contributed by atoms with van der Waals surface area (Å²) in [5.41, 5.74) is 1.27. The van der Waals surface area contributed by atoms with Crippen molar-refractivity contribution in [2.24, 2.45) is 0 Å². The Morgan fingerprint density at radius 3 is 2.59 bits per heavy atom. The first-order valence-corrected chi connectivity index (χ1v) is 5.12. The van der Waals surface area contributed by atoms with Crippen LogP contribution in [0.4, 0.5) is 15.9 Å². The summed E-state index contributed by atoms with van der Waals surface area (Å²) in [5, 5.41) is 0. The van der Waals surface area contributed by atoms with Crippen molar-refractivity contribution in [3.05, 3.63) is 54.0 Å². The lowest BCUT2D eigenvalue weighted by Gasteiger charge is -2.19. The van der Waals surface area contributed by atoms with Crippen LogP contribution in [-0.2, 0) is 0 Å². The summed E-state index contributed by atoms with van der Waals surface area (Å²) in [6.45, 7) is 0. The smallest absolute Gasteiger partial charge is 0.153 e. The molecule has 2 aromatic rings. The van der Waals surface area contributed by atoms with Crippen molar-refractivity contribution in [1.29, 1.82) is 0 Å². The molecule has 1 heterocycles. The van der Waals surface area contributed by atoms with E-state index in [0.29, 0.717) is 11.4 Å². The Hall–Kier alpha value is -2.23. The number of carbonyl (C=O) groups excluding carboxylic acids is 1.